The van der Waals surface area contributed by atoms with E-state index < -0.39 is 0 Å². The van der Waals surface area contributed by atoms with Crippen molar-refractivity contribution < 1.29 is 13.9 Å². The van der Waals surface area contributed by atoms with E-state index in [1.165, 1.54) is 19.2 Å². The molecule has 1 N–H and O–H groups in total. The number of rotatable bonds is 4. The Morgan fingerprint density at radius 3 is 2.70 bits per heavy atom. The van der Waals surface area contributed by atoms with Gasteiger partial charge in [-0.3, -0.25) is 0 Å². The van der Waals surface area contributed by atoms with E-state index in [-0.39, 0.29) is 11.8 Å². The summed E-state index contributed by atoms with van der Waals surface area (Å²) in [6.07, 6.45) is 0. The number of para-hydroxylation sites is 1. The van der Waals surface area contributed by atoms with E-state index in [0.29, 0.717) is 17.8 Å². The number of esters is 1. The quantitative estimate of drug-likeness (QED) is 0.866. The molecule has 20 heavy (non-hydrogen) atoms. The fraction of sp³-hybridized carbons (Fsp3) is 0.188. The van der Waals surface area contributed by atoms with Crippen molar-refractivity contribution in [2.75, 3.05) is 12.4 Å². The van der Waals surface area contributed by atoms with E-state index in [4.69, 9.17) is 4.74 Å². The van der Waals surface area contributed by atoms with Crippen LogP contribution in [0.4, 0.5) is 10.1 Å². The van der Waals surface area contributed by atoms with E-state index in [1.54, 1.807) is 18.2 Å². The number of hydrogen-bond acceptors (Lipinski definition) is 3. The number of hydrogen-bond donors (Lipinski definition) is 1. The lowest BCUT2D eigenvalue weighted by molar-refractivity contribution is 0.0602. The lowest BCUT2D eigenvalue weighted by Crippen LogP contribution is -2.08. The van der Waals surface area contributed by atoms with Crippen molar-refractivity contribution in [1.29, 1.82) is 0 Å². The molecule has 0 fully saturated rings. The van der Waals surface area contributed by atoms with Gasteiger partial charge in [-0.05, 0) is 42.3 Å². The normalized spacial score (nSPS) is 10.2. The van der Waals surface area contributed by atoms with Gasteiger partial charge >= 0.3 is 5.97 Å². The highest BCUT2D eigenvalue weighted by Crippen LogP contribution is 2.18. The molecule has 0 saturated carbocycles. The third-order valence-corrected chi connectivity index (χ3v) is 3.11. The highest BCUT2D eigenvalue weighted by molar-refractivity contribution is 5.95. The minimum atomic E-state index is -0.385. The monoisotopic (exact) mass is 273 g/mol. The first kappa shape index (κ1) is 14.1. The summed E-state index contributed by atoms with van der Waals surface area (Å²) >= 11 is 0. The van der Waals surface area contributed by atoms with Crippen LogP contribution >= 0.6 is 0 Å². The van der Waals surface area contributed by atoms with Gasteiger partial charge in [-0.25, -0.2) is 9.18 Å². The third kappa shape index (κ3) is 3.15. The first-order valence-corrected chi connectivity index (χ1v) is 6.28. The van der Waals surface area contributed by atoms with Crippen molar-refractivity contribution in [3.63, 3.8) is 0 Å². The zero-order valence-corrected chi connectivity index (χ0v) is 11.4. The number of carbonyl (C=O) groups is 1. The van der Waals surface area contributed by atoms with E-state index in [9.17, 15) is 9.18 Å². The third-order valence-electron chi connectivity index (χ3n) is 3.11. The molecule has 3 nitrogen and oxygen atoms in total. The van der Waals surface area contributed by atoms with Gasteiger partial charge in [-0.1, -0.05) is 18.2 Å². The minimum Gasteiger partial charge on any atom is -0.465 e. The van der Waals surface area contributed by atoms with E-state index in [2.05, 4.69) is 5.32 Å². The summed E-state index contributed by atoms with van der Waals surface area (Å²) in [6.45, 7) is 2.37. The summed E-state index contributed by atoms with van der Waals surface area (Å²) in [5.74, 6) is -0.634. The maximum Gasteiger partial charge on any atom is 0.339 e. The van der Waals surface area contributed by atoms with Crippen LogP contribution in [0.3, 0.4) is 0 Å². The Bertz CT molecular complexity index is 626. The second kappa shape index (κ2) is 6.19. The Kier molecular flexibility index (Phi) is 4.35. The van der Waals surface area contributed by atoms with E-state index in [0.717, 1.165) is 11.1 Å². The standard InChI is InChI=1S/C16H16FNO2/c1-11-9-13(17)8-7-12(11)10-18-15-6-4-3-5-14(15)16(19)20-2/h3-9,18H,10H2,1-2H3. The second-order valence-corrected chi connectivity index (χ2v) is 4.46. The summed E-state index contributed by atoms with van der Waals surface area (Å²) in [7, 11) is 1.35. The van der Waals surface area contributed by atoms with Crippen molar-refractivity contribution in [1.82, 2.24) is 0 Å². The van der Waals surface area contributed by atoms with Gasteiger partial charge in [0.05, 0.1) is 12.7 Å². The number of aryl methyl sites for hydroxylation is 1. The van der Waals surface area contributed by atoms with Crippen LogP contribution in [0.5, 0.6) is 0 Å². The van der Waals surface area contributed by atoms with E-state index >= 15 is 0 Å². The topological polar surface area (TPSA) is 38.3 Å². The molecule has 0 spiro atoms. The zero-order chi connectivity index (χ0) is 14.5. The fourth-order valence-electron chi connectivity index (χ4n) is 1.97. The second-order valence-electron chi connectivity index (χ2n) is 4.46. The van der Waals surface area contributed by atoms with Crippen molar-refractivity contribution >= 4 is 11.7 Å². The maximum atomic E-state index is 13.0. The van der Waals surface area contributed by atoms with Crippen LogP contribution in [-0.2, 0) is 11.3 Å². The Labute approximate surface area is 117 Å². The molecule has 0 unspecified atom stereocenters. The predicted octanol–water partition coefficient (Wildman–Crippen LogP) is 3.53. The van der Waals surface area contributed by atoms with Crippen LogP contribution in [0.2, 0.25) is 0 Å². The number of anilines is 1. The lowest BCUT2D eigenvalue weighted by atomic mass is 10.1. The number of halogens is 1. The van der Waals surface area contributed by atoms with Crippen LogP contribution in [0.25, 0.3) is 0 Å². The molecule has 0 aliphatic rings. The molecule has 0 aliphatic heterocycles. The van der Waals surface area contributed by atoms with Crippen LogP contribution in [0.15, 0.2) is 42.5 Å². The van der Waals surface area contributed by atoms with Crippen molar-refractivity contribution in [2.24, 2.45) is 0 Å². The molecular formula is C16H16FNO2. The van der Waals surface area contributed by atoms with Gasteiger partial charge in [0.2, 0.25) is 0 Å². The molecule has 0 radical (unpaired) electrons. The summed E-state index contributed by atoms with van der Waals surface area (Å²) in [6, 6.07) is 11.8. The average Bonchev–Trinajstić information content (AvgIpc) is 2.46. The number of carbonyl (C=O) groups excluding carboxylic acids is 1. The van der Waals surface area contributed by atoms with Gasteiger partial charge < -0.3 is 10.1 Å². The minimum absolute atomic E-state index is 0.249. The molecular weight excluding hydrogens is 257 g/mol. The van der Waals surface area contributed by atoms with Crippen molar-refractivity contribution in [3.05, 3.63) is 65.0 Å². The first-order chi connectivity index (χ1) is 9.61. The summed E-state index contributed by atoms with van der Waals surface area (Å²) in [5, 5.41) is 3.18. The predicted molar refractivity (Wildman–Crippen MR) is 76.2 cm³/mol. The molecule has 2 rings (SSSR count). The number of ether oxygens (including phenoxy) is 1. The fourth-order valence-corrected chi connectivity index (χ4v) is 1.97. The molecule has 2 aromatic carbocycles. The molecule has 104 valence electrons. The van der Waals surface area contributed by atoms with Gasteiger partial charge in [-0.2, -0.15) is 0 Å². The molecule has 0 saturated heterocycles. The van der Waals surface area contributed by atoms with Gasteiger partial charge in [0.1, 0.15) is 5.82 Å². The van der Waals surface area contributed by atoms with Crippen LogP contribution in [0, 0.1) is 12.7 Å². The van der Waals surface area contributed by atoms with Gasteiger partial charge in [-0.15, -0.1) is 0 Å². The molecule has 0 bridgehead atoms. The summed E-state index contributed by atoms with van der Waals surface area (Å²) in [4.78, 5) is 11.6. The number of methoxy groups -OCH3 is 1. The Balaban J connectivity index is 2.17. The molecule has 0 aliphatic carbocycles. The molecule has 0 atom stereocenters. The molecule has 0 amide bonds. The smallest absolute Gasteiger partial charge is 0.339 e. The van der Waals surface area contributed by atoms with Gasteiger partial charge in [0.15, 0.2) is 0 Å². The Morgan fingerprint density at radius 2 is 2.00 bits per heavy atom. The maximum absolute atomic E-state index is 13.0. The highest BCUT2D eigenvalue weighted by Gasteiger charge is 2.10. The van der Waals surface area contributed by atoms with E-state index in [1.807, 2.05) is 19.1 Å². The van der Waals surface area contributed by atoms with Crippen molar-refractivity contribution in [2.45, 2.75) is 13.5 Å². The molecule has 2 aromatic rings. The van der Waals surface area contributed by atoms with Gasteiger partial charge in [0.25, 0.3) is 0 Å². The summed E-state index contributed by atoms with van der Waals surface area (Å²) < 4.78 is 17.8. The largest absolute Gasteiger partial charge is 0.465 e. The van der Waals surface area contributed by atoms with Crippen LogP contribution in [0.1, 0.15) is 21.5 Å². The molecule has 4 heteroatoms. The first-order valence-electron chi connectivity index (χ1n) is 6.28. The van der Waals surface area contributed by atoms with Gasteiger partial charge in [0, 0.05) is 12.2 Å². The SMILES string of the molecule is COC(=O)c1ccccc1NCc1ccc(F)cc1C. The highest BCUT2D eigenvalue weighted by atomic mass is 19.1. The Hall–Kier alpha value is -2.36. The zero-order valence-electron chi connectivity index (χ0n) is 11.4. The summed E-state index contributed by atoms with van der Waals surface area (Å²) in [5.41, 5.74) is 3.02. The van der Waals surface area contributed by atoms with Crippen LogP contribution in [-0.4, -0.2) is 13.1 Å². The average molecular weight is 273 g/mol. The number of nitrogens with one attached hydrogen (secondary N) is 1. The van der Waals surface area contributed by atoms with Crippen molar-refractivity contribution in [3.8, 4) is 0 Å². The molecule has 0 heterocycles. The Morgan fingerprint density at radius 1 is 1.25 bits per heavy atom. The van der Waals surface area contributed by atoms with Crippen LogP contribution < -0.4 is 5.32 Å². The number of benzene rings is 2. The lowest BCUT2D eigenvalue weighted by Gasteiger charge is -2.12. The molecule has 0 aromatic heterocycles.